The number of carbonyl (C=O) groups is 2. The zero-order valence-electron chi connectivity index (χ0n) is 23.7. The van der Waals surface area contributed by atoms with Crippen molar-refractivity contribution in [3.63, 3.8) is 0 Å². The van der Waals surface area contributed by atoms with Crippen molar-refractivity contribution < 1.29 is 19.1 Å². The van der Waals surface area contributed by atoms with E-state index in [1.165, 1.54) is 109 Å². The first kappa shape index (κ1) is 33.9. The molecular formula is C31H60O4. The molecule has 0 heterocycles. The van der Waals surface area contributed by atoms with Crippen LogP contribution in [0.3, 0.4) is 0 Å². The summed E-state index contributed by atoms with van der Waals surface area (Å²) < 4.78 is 10.6. The molecule has 35 heavy (non-hydrogen) atoms. The van der Waals surface area contributed by atoms with Gasteiger partial charge in [-0.05, 0) is 25.7 Å². The third-order valence-electron chi connectivity index (χ3n) is 6.78. The second kappa shape index (κ2) is 29.2. The van der Waals surface area contributed by atoms with E-state index in [2.05, 4.69) is 13.8 Å². The molecule has 4 heteroatoms. The van der Waals surface area contributed by atoms with Gasteiger partial charge in [0, 0.05) is 12.8 Å². The van der Waals surface area contributed by atoms with Crippen LogP contribution in [0.1, 0.15) is 174 Å². The summed E-state index contributed by atoms with van der Waals surface area (Å²) in [4.78, 5) is 23.4. The Hall–Kier alpha value is -1.06. The summed E-state index contributed by atoms with van der Waals surface area (Å²) in [5.74, 6) is -0.0119. The van der Waals surface area contributed by atoms with E-state index in [9.17, 15) is 9.59 Å². The highest BCUT2D eigenvalue weighted by atomic mass is 16.5. The monoisotopic (exact) mass is 496 g/mol. The van der Waals surface area contributed by atoms with Gasteiger partial charge in [-0.1, -0.05) is 136 Å². The minimum atomic E-state index is -0.00593. The van der Waals surface area contributed by atoms with Gasteiger partial charge in [0.05, 0.1) is 13.2 Å². The van der Waals surface area contributed by atoms with Crippen LogP contribution >= 0.6 is 0 Å². The number of hydrogen-bond acceptors (Lipinski definition) is 4. The van der Waals surface area contributed by atoms with Gasteiger partial charge in [-0.3, -0.25) is 9.59 Å². The molecule has 0 radical (unpaired) electrons. The third kappa shape index (κ3) is 29.1. The summed E-state index contributed by atoms with van der Waals surface area (Å²) in [6.07, 6.45) is 29.1. The molecule has 4 nitrogen and oxygen atoms in total. The number of esters is 2. The molecule has 0 saturated heterocycles. The van der Waals surface area contributed by atoms with Crippen molar-refractivity contribution in [3.8, 4) is 0 Å². The van der Waals surface area contributed by atoms with Gasteiger partial charge in [0.1, 0.15) is 0 Å². The van der Waals surface area contributed by atoms with Crippen LogP contribution in [-0.4, -0.2) is 25.2 Å². The predicted octanol–water partition coefficient (Wildman–Crippen LogP) is 9.87. The topological polar surface area (TPSA) is 52.6 Å². The highest BCUT2D eigenvalue weighted by molar-refractivity contribution is 5.69. The molecule has 0 aromatic heterocycles. The average Bonchev–Trinajstić information content (AvgIpc) is 2.85. The zero-order chi connectivity index (χ0) is 25.7. The third-order valence-corrected chi connectivity index (χ3v) is 6.78. The summed E-state index contributed by atoms with van der Waals surface area (Å²) in [5.41, 5.74) is 0. The van der Waals surface area contributed by atoms with Gasteiger partial charge in [-0.2, -0.15) is 0 Å². The van der Waals surface area contributed by atoms with Crippen molar-refractivity contribution in [1.82, 2.24) is 0 Å². The molecule has 0 amide bonds. The van der Waals surface area contributed by atoms with Gasteiger partial charge in [-0.25, -0.2) is 0 Å². The second-order valence-electron chi connectivity index (χ2n) is 10.4. The van der Waals surface area contributed by atoms with E-state index in [1.807, 2.05) is 0 Å². The van der Waals surface area contributed by atoms with Crippen LogP contribution in [0.15, 0.2) is 0 Å². The second-order valence-corrected chi connectivity index (χ2v) is 10.4. The van der Waals surface area contributed by atoms with E-state index in [0.29, 0.717) is 26.1 Å². The first-order valence-corrected chi connectivity index (χ1v) is 15.5. The fraction of sp³-hybridized carbons (Fsp3) is 0.935. The van der Waals surface area contributed by atoms with Gasteiger partial charge in [0.25, 0.3) is 0 Å². The highest BCUT2D eigenvalue weighted by Crippen LogP contribution is 2.14. The summed E-state index contributed by atoms with van der Waals surface area (Å²) in [7, 11) is 0. The largest absolute Gasteiger partial charge is 0.466 e. The predicted molar refractivity (Wildman–Crippen MR) is 149 cm³/mol. The van der Waals surface area contributed by atoms with Crippen LogP contribution in [0.25, 0.3) is 0 Å². The normalized spacial score (nSPS) is 11.0. The summed E-state index contributed by atoms with van der Waals surface area (Å²) >= 11 is 0. The molecule has 0 aromatic rings. The maximum Gasteiger partial charge on any atom is 0.305 e. The Labute approximate surface area is 218 Å². The standard InChI is InChI=1S/C31H60O4/c1-3-5-7-20-24-28-34-30(32)26-22-18-16-14-12-10-9-11-13-15-17-19-23-27-31(33)35-29-25-21-8-6-4-2/h3-29H2,1-2H3. The maximum atomic E-state index is 11.7. The van der Waals surface area contributed by atoms with Crippen molar-refractivity contribution in [2.75, 3.05) is 13.2 Å². The van der Waals surface area contributed by atoms with Crippen LogP contribution in [0.2, 0.25) is 0 Å². The van der Waals surface area contributed by atoms with E-state index in [-0.39, 0.29) is 11.9 Å². The van der Waals surface area contributed by atoms with Gasteiger partial charge >= 0.3 is 11.9 Å². The minimum Gasteiger partial charge on any atom is -0.466 e. The molecule has 0 rings (SSSR count). The van der Waals surface area contributed by atoms with Crippen LogP contribution in [-0.2, 0) is 19.1 Å². The average molecular weight is 497 g/mol. The Morgan fingerprint density at radius 1 is 0.371 bits per heavy atom. The molecule has 0 atom stereocenters. The van der Waals surface area contributed by atoms with Crippen LogP contribution < -0.4 is 0 Å². The minimum absolute atomic E-state index is 0.00593. The molecule has 0 spiro atoms. The molecule has 0 N–H and O–H groups in total. The highest BCUT2D eigenvalue weighted by Gasteiger charge is 2.03. The molecule has 0 bridgehead atoms. The summed E-state index contributed by atoms with van der Waals surface area (Å²) in [6, 6.07) is 0. The Balaban J connectivity index is 3.19. The van der Waals surface area contributed by atoms with E-state index < -0.39 is 0 Å². The van der Waals surface area contributed by atoms with Gasteiger partial charge in [0.2, 0.25) is 0 Å². The van der Waals surface area contributed by atoms with E-state index in [4.69, 9.17) is 9.47 Å². The summed E-state index contributed by atoms with van der Waals surface area (Å²) in [6.45, 7) is 5.64. The molecule has 0 fully saturated rings. The number of ether oxygens (including phenoxy) is 2. The lowest BCUT2D eigenvalue weighted by Crippen LogP contribution is -2.05. The molecule has 0 aliphatic heterocycles. The van der Waals surface area contributed by atoms with Crippen molar-refractivity contribution in [2.24, 2.45) is 0 Å². The smallest absolute Gasteiger partial charge is 0.305 e. The van der Waals surface area contributed by atoms with E-state index >= 15 is 0 Å². The van der Waals surface area contributed by atoms with Crippen LogP contribution in [0.5, 0.6) is 0 Å². The molecule has 208 valence electrons. The van der Waals surface area contributed by atoms with Crippen molar-refractivity contribution in [1.29, 1.82) is 0 Å². The van der Waals surface area contributed by atoms with Gasteiger partial charge < -0.3 is 9.47 Å². The number of rotatable bonds is 28. The lowest BCUT2D eigenvalue weighted by molar-refractivity contribution is -0.144. The Kier molecular flexibility index (Phi) is 28.3. The number of carbonyl (C=O) groups excluding carboxylic acids is 2. The SMILES string of the molecule is CCCCCCCOC(=O)CCCCCCCCCCCCCCCC(=O)OCCCCCCC. The van der Waals surface area contributed by atoms with Crippen molar-refractivity contribution in [3.05, 3.63) is 0 Å². The summed E-state index contributed by atoms with van der Waals surface area (Å²) in [5, 5.41) is 0. The number of hydrogen-bond donors (Lipinski definition) is 0. The van der Waals surface area contributed by atoms with E-state index in [0.717, 1.165) is 38.5 Å². The van der Waals surface area contributed by atoms with Crippen molar-refractivity contribution >= 4 is 11.9 Å². The van der Waals surface area contributed by atoms with Crippen LogP contribution in [0.4, 0.5) is 0 Å². The lowest BCUT2D eigenvalue weighted by atomic mass is 10.0. The Bertz CT molecular complexity index is 409. The first-order chi connectivity index (χ1) is 17.2. The fourth-order valence-electron chi connectivity index (χ4n) is 4.41. The van der Waals surface area contributed by atoms with Crippen molar-refractivity contribution in [2.45, 2.75) is 174 Å². The Morgan fingerprint density at radius 3 is 0.943 bits per heavy atom. The lowest BCUT2D eigenvalue weighted by Gasteiger charge is -2.06. The number of unbranched alkanes of at least 4 members (excludes halogenated alkanes) is 20. The van der Waals surface area contributed by atoms with Gasteiger partial charge in [-0.15, -0.1) is 0 Å². The molecule has 0 aliphatic rings. The van der Waals surface area contributed by atoms with Gasteiger partial charge in [0.15, 0.2) is 0 Å². The Morgan fingerprint density at radius 2 is 0.629 bits per heavy atom. The molecular weight excluding hydrogens is 436 g/mol. The quantitative estimate of drug-likeness (QED) is 0.0798. The maximum absolute atomic E-state index is 11.7. The molecule has 0 unspecified atom stereocenters. The molecule has 0 aliphatic carbocycles. The molecule has 0 aromatic carbocycles. The molecule has 0 saturated carbocycles. The van der Waals surface area contributed by atoms with E-state index in [1.54, 1.807) is 0 Å². The fourth-order valence-corrected chi connectivity index (χ4v) is 4.41. The zero-order valence-corrected chi connectivity index (χ0v) is 23.7. The van der Waals surface area contributed by atoms with Crippen LogP contribution in [0, 0.1) is 0 Å². The first-order valence-electron chi connectivity index (χ1n) is 15.5.